The van der Waals surface area contributed by atoms with Crippen molar-refractivity contribution in [3.8, 4) is 11.5 Å². The van der Waals surface area contributed by atoms with Gasteiger partial charge in [-0.05, 0) is 36.4 Å². The molecular weight excluding hydrogens is 342 g/mol. The lowest BCUT2D eigenvalue weighted by Crippen LogP contribution is -2.42. The molecule has 2 amide bonds. The zero-order valence-corrected chi connectivity index (χ0v) is 13.8. The van der Waals surface area contributed by atoms with Gasteiger partial charge < -0.3 is 4.42 Å². The normalized spacial score (nSPS) is 10.3. The molecule has 0 radical (unpaired) electrons. The van der Waals surface area contributed by atoms with Crippen molar-refractivity contribution >= 4 is 23.4 Å². The van der Waals surface area contributed by atoms with Gasteiger partial charge in [0, 0.05) is 16.1 Å². The van der Waals surface area contributed by atoms with Crippen molar-refractivity contribution in [2.24, 2.45) is 0 Å². The van der Waals surface area contributed by atoms with E-state index < -0.39 is 11.8 Å². The average Bonchev–Trinajstić information content (AvgIpc) is 3.09. The number of carbonyl (C=O) groups is 2. The number of carbonyl (C=O) groups excluding carboxylic acids is 2. The molecular formula is C18H14ClN3O3. The number of nitrogens with one attached hydrogen (secondary N) is 2. The van der Waals surface area contributed by atoms with Gasteiger partial charge in [-0.1, -0.05) is 29.8 Å². The molecule has 3 aromatic rings. The van der Waals surface area contributed by atoms with Gasteiger partial charge in [0.1, 0.15) is 6.26 Å². The van der Waals surface area contributed by atoms with Crippen molar-refractivity contribution < 1.29 is 14.0 Å². The number of aromatic nitrogens is 1. The predicted octanol–water partition coefficient (Wildman–Crippen LogP) is 3.00. The van der Waals surface area contributed by atoms with Crippen molar-refractivity contribution in [3.05, 3.63) is 77.1 Å². The first-order chi connectivity index (χ1) is 12.1. The summed E-state index contributed by atoms with van der Waals surface area (Å²) in [6.45, 7) is 0. The maximum Gasteiger partial charge on any atom is 0.269 e. The number of hydrogen-bond acceptors (Lipinski definition) is 4. The van der Waals surface area contributed by atoms with Crippen LogP contribution in [0.3, 0.4) is 0 Å². The number of benzene rings is 2. The molecule has 2 aromatic carbocycles. The lowest BCUT2D eigenvalue weighted by molar-refractivity contribution is -0.121. The van der Waals surface area contributed by atoms with Gasteiger partial charge in [0.05, 0.1) is 12.1 Å². The summed E-state index contributed by atoms with van der Waals surface area (Å²) >= 11 is 5.76. The molecule has 0 atom stereocenters. The van der Waals surface area contributed by atoms with Gasteiger partial charge in [0.25, 0.3) is 5.91 Å². The number of nitrogens with zero attached hydrogens (tertiary/aromatic N) is 1. The van der Waals surface area contributed by atoms with Crippen LogP contribution in [0, 0.1) is 0 Å². The van der Waals surface area contributed by atoms with Crippen LogP contribution in [0.1, 0.15) is 16.1 Å². The van der Waals surface area contributed by atoms with Crippen LogP contribution in [0.15, 0.2) is 65.3 Å². The lowest BCUT2D eigenvalue weighted by Gasteiger charge is -2.06. The summed E-state index contributed by atoms with van der Waals surface area (Å²) in [6, 6.07) is 15.7. The van der Waals surface area contributed by atoms with Gasteiger partial charge >= 0.3 is 0 Å². The number of amides is 2. The summed E-state index contributed by atoms with van der Waals surface area (Å²) in [5.41, 5.74) is 6.36. The van der Waals surface area contributed by atoms with Crippen LogP contribution in [-0.2, 0) is 11.2 Å². The highest BCUT2D eigenvalue weighted by molar-refractivity contribution is 6.30. The van der Waals surface area contributed by atoms with E-state index in [9.17, 15) is 9.59 Å². The van der Waals surface area contributed by atoms with Crippen LogP contribution in [0.2, 0.25) is 5.02 Å². The fraction of sp³-hybridized carbons (Fsp3) is 0.0556. The molecule has 2 N–H and O–H groups in total. The van der Waals surface area contributed by atoms with Crippen LogP contribution in [-0.4, -0.2) is 16.8 Å². The van der Waals surface area contributed by atoms with Crippen LogP contribution >= 0.6 is 11.6 Å². The van der Waals surface area contributed by atoms with Crippen molar-refractivity contribution in [2.75, 3.05) is 0 Å². The molecule has 0 fully saturated rings. The molecule has 1 heterocycles. The minimum absolute atomic E-state index is 0.0166. The Kier molecular flexibility index (Phi) is 5.11. The van der Waals surface area contributed by atoms with E-state index in [0.717, 1.165) is 5.56 Å². The summed E-state index contributed by atoms with van der Waals surface area (Å²) in [6.07, 6.45) is 1.40. The Balaban J connectivity index is 1.54. The zero-order valence-electron chi connectivity index (χ0n) is 13.0. The van der Waals surface area contributed by atoms with Gasteiger partial charge in [-0.25, -0.2) is 4.98 Å². The fourth-order valence-electron chi connectivity index (χ4n) is 2.11. The maximum atomic E-state index is 11.9. The van der Waals surface area contributed by atoms with E-state index >= 15 is 0 Å². The minimum atomic E-state index is -0.435. The van der Waals surface area contributed by atoms with E-state index in [0.29, 0.717) is 22.2 Å². The molecule has 6 nitrogen and oxygen atoms in total. The van der Waals surface area contributed by atoms with Gasteiger partial charge in [-0.3, -0.25) is 20.4 Å². The number of hydrogen-bond donors (Lipinski definition) is 2. The number of rotatable bonds is 4. The summed E-state index contributed by atoms with van der Waals surface area (Å²) < 4.78 is 5.37. The average molecular weight is 356 g/mol. The molecule has 126 valence electrons. The van der Waals surface area contributed by atoms with E-state index in [1.165, 1.54) is 6.26 Å². The molecule has 0 saturated heterocycles. The van der Waals surface area contributed by atoms with Crippen LogP contribution in [0.5, 0.6) is 0 Å². The van der Waals surface area contributed by atoms with Gasteiger partial charge in [-0.15, -0.1) is 0 Å². The Hall–Kier alpha value is -3.12. The second-order valence-electron chi connectivity index (χ2n) is 5.20. The van der Waals surface area contributed by atoms with E-state index in [-0.39, 0.29) is 6.42 Å². The first kappa shape index (κ1) is 16.7. The zero-order chi connectivity index (χ0) is 17.6. The monoisotopic (exact) mass is 355 g/mol. The smallest absolute Gasteiger partial charge is 0.269 e. The maximum absolute atomic E-state index is 11.9. The Bertz CT molecular complexity index is 876. The standard InChI is InChI=1S/C18H14ClN3O3/c19-14-8-6-12(7-9-14)17(24)22-21-16(23)10-15-11-25-18(20-15)13-4-2-1-3-5-13/h1-9,11H,10H2,(H,21,23)(H,22,24). The molecule has 0 aliphatic heterocycles. The molecule has 3 rings (SSSR count). The quantitative estimate of drug-likeness (QED) is 0.705. The molecule has 0 aliphatic carbocycles. The summed E-state index contributed by atoms with van der Waals surface area (Å²) in [5.74, 6) is -0.404. The molecule has 1 aromatic heterocycles. The third kappa shape index (κ3) is 4.45. The number of oxazole rings is 1. The molecule has 0 saturated carbocycles. The molecule has 7 heteroatoms. The lowest BCUT2D eigenvalue weighted by atomic mass is 10.2. The largest absolute Gasteiger partial charge is 0.444 e. The van der Waals surface area contributed by atoms with Gasteiger partial charge in [0.2, 0.25) is 11.8 Å². The second kappa shape index (κ2) is 7.63. The minimum Gasteiger partial charge on any atom is -0.444 e. The second-order valence-corrected chi connectivity index (χ2v) is 5.63. The summed E-state index contributed by atoms with van der Waals surface area (Å²) in [5, 5.41) is 0.529. The van der Waals surface area contributed by atoms with Crippen LogP contribution < -0.4 is 10.9 Å². The van der Waals surface area contributed by atoms with E-state index in [2.05, 4.69) is 15.8 Å². The predicted molar refractivity (Wildman–Crippen MR) is 92.7 cm³/mol. The van der Waals surface area contributed by atoms with Crippen molar-refractivity contribution in [1.82, 2.24) is 15.8 Å². The third-order valence-corrected chi connectivity index (χ3v) is 3.59. The first-order valence-electron chi connectivity index (χ1n) is 7.46. The Morgan fingerprint density at radius 1 is 1.00 bits per heavy atom. The van der Waals surface area contributed by atoms with Crippen molar-refractivity contribution in [3.63, 3.8) is 0 Å². The van der Waals surface area contributed by atoms with E-state index in [1.54, 1.807) is 24.3 Å². The molecule has 0 unspecified atom stereocenters. The molecule has 0 bridgehead atoms. The topological polar surface area (TPSA) is 84.2 Å². The third-order valence-electron chi connectivity index (χ3n) is 3.34. The van der Waals surface area contributed by atoms with E-state index in [4.69, 9.17) is 16.0 Å². The molecule has 0 spiro atoms. The van der Waals surface area contributed by atoms with Crippen molar-refractivity contribution in [1.29, 1.82) is 0 Å². The highest BCUT2D eigenvalue weighted by Gasteiger charge is 2.11. The number of halogens is 1. The Labute approximate surface area is 148 Å². The SMILES string of the molecule is O=C(Cc1coc(-c2ccccc2)n1)NNC(=O)c1ccc(Cl)cc1. The first-order valence-corrected chi connectivity index (χ1v) is 7.84. The highest BCUT2D eigenvalue weighted by Crippen LogP contribution is 2.18. The fourth-order valence-corrected chi connectivity index (χ4v) is 2.24. The van der Waals surface area contributed by atoms with Gasteiger partial charge in [0.15, 0.2) is 0 Å². The summed E-state index contributed by atoms with van der Waals surface area (Å²) in [4.78, 5) is 28.1. The number of hydrazine groups is 1. The highest BCUT2D eigenvalue weighted by atomic mass is 35.5. The van der Waals surface area contributed by atoms with Gasteiger partial charge in [-0.2, -0.15) is 0 Å². The molecule has 0 aliphatic rings. The summed E-state index contributed by atoms with van der Waals surface area (Å²) in [7, 11) is 0. The molecule has 25 heavy (non-hydrogen) atoms. The van der Waals surface area contributed by atoms with E-state index in [1.807, 2.05) is 30.3 Å². The van der Waals surface area contributed by atoms with Crippen LogP contribution in [0.4, 0.5) is 0 Å². The van der Waals surface area contributed by atoms with Crippen molar-refractivity contribution in [2.45, 2.75) is 6.42 Å². The Morgan fingerprint density at radius 2 is 1.72 bits per heavy atom. The Morgan fingerprint density at radius 3 is 2.44 bits per heavy atom. The van der Waals surface area contributed by atoms with Crippen LogP contribution in [0.25, 0.3) is 11.5 Å².